The molecule has 0 unspecified atom stereocenters. The number of unbranched alkanes of at least 4 members (excludes halogenated alkanes) is 2. The molecule has 0 aromatic heterocycles. The first-order valence-electron chi connectivity index (χ1n) is 4.61. The molecule has 0 aliphatic heterocycles. The summed E-state index contributed by atoms with van der Waals surface area (Å²) in [5.41, 5.74) is 4.71. The molecule has 2 N–H and O–H groups in total. The molecule has 0 atom stereocenters. The number of rotatable bonds is 4. The van der Waals surface area contributed by atoms with E-state index in [0.29, 0.717) is 6.61 Å². The summed E-state index contributed by atoms with van der Waals surface area (Å²) in [6.07, 6.45) is 3.71. The lowest BCUT2D eigenvalue weighted by Crippen LogP contribution is -2.13. The maximum atomic E-state index is 9.96. The summed E-state index contributed by atoms with van der Waals surface area (Å²) >= 11 is 0. The zero-order valence-corrected chi connectivity index (χ0v) is 8.43. The van der Waals surface area contributed by atoms with E-state index in [4.69, 9.17) is 5.73 Å². The van der Waals surface area contributed by atoms with E-state index in [2.05, 4.69) is 25.5 Å². The van der Waals surface area contributed by atoms with Crippen LogP contribution in [0.2, 0.25) is 0 Å². The van der Waals surface area contributed by atoms with Crippen LogP contribution in [0.3, 0.4) is 0 Å². The van der Waals surface area contributed by atoms with Gasteiger partial charge in [0.25, 0.3) is 0 Å². The van der Waals surface area contributed by atoms with Crippen molar-refractivity contribution in [2.24, 2.45) is 5.73 Å². The van der Waals surface area contributed by atoms with Gasteiger partial charge in [-0.25, -0.2) is 4.79 Å². The number of hydrogen-bond acceptors (Lipinski definition) is 2. The minimum Gasteiger partial charge on any atom is -0.450 e. The second-order valence-electron chi connectivity index (χ2n) is 2.58. The van der Waals surface area contributed by atoms with E-state index in [9.17, 15) is 4.79 Å². The summed E-state index contributed by atoms with van der Waals surface area (Å²) in [6.45, 7) is 6.80. The van der Waals surface area contributed by atoms with E-state index in [-0.39, 0.29) is 0 Å². The van der Waals surface area contributed by atoms with Gasteiger partial charge < -0.3 is 10.5 Å². The quantitative estimate of drug-likeness (QED) is 0.668. The number of primary amides is 1. The lowest BCUT2D eigenvalue weighted by Gasteiger charge is -1.97. The Labute approximate surface area is 75.3 Å². The molecule has 3 heteroatoms. The van der Waals surface area contributed by atoms with Crippen molar-refractivity contribution in [2.75, 3.05) is 6.61 Å². The van der Waals surface area contributed by atoms with Gasteiger partial charge in [-0.15, -0.1) is 0 Å². The van der Waals surface area contributed by atoms with Crippen molar-refractivity contribution in [1.82, 2.24) is 0 Å². The molecule has 0 bridgehead atoms. The molecule has 1 amide bonds. The molecule has 0 spiro atoms. The predicted molar refractivity (Wildman–Crippen MR) is 51.0 cm³/mol. The Morgan fingerprint density at radius 1 is 1.25 bits per heavy atom. The van der Waals surface area contributed by atoms with Crippen molar-refractivity contribution in [3.05, 3.63) is 0 Å². The summed E-state index contributed by atoms with van der Waals surface area (Å²) < 4.78 is 4.48. The Bertz CT molecular complexity index is 94.5. The second kappa shape index (κ2) is 12.9. The van der Waals surface area contributed by atoms with Crippen LogP contribution in [0.15, 0.2) is 0 Å². The third-order valence-electron chi connectivity index (χ3n) is 0.992. The summed E-state index contributed by atoms with van der Waals surface area (Å²) in [5, 5.41) is 0. The molecule has 0 rings (SSSR count). The highest BCUT2D eigenvalue weighted by atomic mass is 16.5. The first-order valence-corrected chi connectivity index (χ1v) is 4.61. The average molecular weight is 175 g/mol. The Morgan fingerprint density at radius 2 is 1.75 bits per heavy atom. The van der Waals surface area contributed by atoms with Crippen LogP contribution in [0.25, 0.3) is 0 Å². The minimum absolute atomic E-state index is 0.461. The first-order chi connectivity index (χ1) is 5.68. The van der Waals surface area contributed by atoms with Gasteiger partial charge in [-0.1, -0.05) is 40.0 Å². The highest BCUT2D eigenvalue weighted by Gasteiger charge is 1.90. The minimum atomic E-state index is -0.675. The fourth-order valence-electron chi connectivity index (χ4n) is 0.525. The SMILES string of the molecule is CCC.CCCCCOC(N)=O. The number of ether oxygens (including phenoxy) is 1. The van der Waals surface area contributed by atoms with Crippen LogP contribution < -0.4 is 5.73 Å². The van der Waals surface area contributed by atoms with Crippen molar-refractivity contribution in [3.8, 4) is 0 Å². The number of hydrogen-bond donors (Lipinski definition) is 1. The van der Waals surface area contributed by atoms with Crippen molar-refractivity contribution in [2.45, 2.75) is 46.5 Å². The molecule has 0 heterocycles. The lowest BCUT2D eigenvalue weighted by molar-refractivity contribution is 0.154. The van der Waals surface area contributed by atoms with Crippen LogP contribution in [-0.2, 0) is 4.74 Å². The molecule has 0 fully saturated rings. The summed E-state index contributed by atoms with van der Waals surface area (Å²) in [6, 6.07) is 0. The standard InChI is InChI=1S/C6H13NO2.C3H8/c1-2-3-4-5-9-6(7)8;1-3-2/h2-5H2,1H3,(H2,7,8);3H2,1-2H3. The van der Waals surface area contributed by atoms with Gasteiger partial charge in [0, 0.05) is 0 Å². The van der Waals surface area contributed by atoms with Crippen LogP contribution in [-0.4, -0.2) is 12.7 Å². The Kier molecular flexibility index (Phi) is 14.9. The Hall–Kier alpha value is -0.730. The monoisotopic (exact) mass is 175 g/mol. The normalized spacial score (nSPS) is 8.25. The molecule has 0 aromatic rings. The van der Waals surface area contributed by atoms with Crippen LogP contribution in [0.4, 0.5) is 4.79 Å². The van der Waals surface area contributed by atoms with Crippen molar-refractivity contribution < 1.29 is 9.53 Å². The molecule has 3 nitrogen and oxygen atoms in total. The molecule has 12 heavy (non-hydrogen) atoms. The smallest absolute Gasteiger partial charge is 0.404 e. The summed E-state index contributed by atoms with van der Waals surface area (Å²) in [4.78, 5) is 9.96. The van der Waals surface area contributed by atoms with Gasteiger partial charge in [0.2, 0.25) is 0 Å². The van der Waals surface area contributed by atoms with E-state index < -0.39 is 6.09 Å². The fraction of sp³-hybridized carbons (Fsp3) is 0.889. The van der Waals surface area contributed by atoms with Crippen molar-refractivity contribution in [3.63, 3.8) is 0 Å². The largest absolute Gasteiger partial charge is 0.450 e. The highest BCUT2D eigenvalue weighted by Crippen LogP contribution is 1.93. The topological polar surface area (TPSA) is 52.3 Å². The highest BCUT2D eigenvalue weighted by molar-refractivity contribution is 5.64. The molecule has 0 aliphatic rings. The van der Waals surface area contributed by atoms with Gasteiger partial charge in [0.15, 0.2) is 0 Å². The third kappa shape index (κ3) is 22.8. The van der Waals surface area contributed by atoms with E-state index in [1.54, 1.807) is 0 Å². The fourth-order valence-corrected chi connectivity index (χ4v) is 0.525. The molecule has 0 aliphatic carbocycles. The summed E-state index contributed by atoms with van der Waals surface area (Å²) in [5.74, 6) is 0. The van der Waals surface area contributed by atoms with Gasteiger partial charge in [0.1, 0.15) is 0 Å². The lowest BCUT2D eigenvalue weighted by atomic mass is 10.3. The van der Waals surface area contributed by atoms with Gasteiger partial charge >= 0.3 is 6.09 Å². The van der Waals surface area contributed by atoms with Crippen LogP contribution >= 0.6 is 0 Å². The third-order valence-corrected chi connectivity index (χ3v) is 0.992. The molecular weight excluding hydrogens is 154 g/mol. The van der Waals surface area contributed by atoms with E-state index in [1.165, 1.54) is 6.42 Å². The van der Waals surface area contributed by atoms with Crippen LogP contribution in [0, 0.1) is 0 Å². The Balaban J connectivity index is 0. The molecule has 74 valence electrons. The number of carbonyl (C=O) groups is 1. The predicted octanol–water partition coefficient (Wildman–Crippen LogP) is 2.69. The number of carbonyl (C=O) groups excluding carboxylic acids is 1. The van der Waals surface area contributed by atoms with Crippen LogP contribution in [0.5, 0.6) is 0 Å². The maximum Gasteiger partial charge on any atom is 0.404 e. The molecular formula is C9H21NO2. The zero-order valence-electron chi connectivity index (χ0n) is 8.43. The molecule has 0 saturated carbocycles. The van der Waals surface area contributed by atoms with Crippen molar-refractivity contribution in [1.29, 1.82) is 0 Å². The molecule has 0 saturated heterocycles. The van der Waals surface area contributed by atoms with Gasteiger partial charge in [0.05, 0.1) is 6.61 Å². The summed E-state index contributed by atoms with van der Waals surface area (Å²) in [7, 11) is 0. The van der Waals surface area contributed by atoms with Crippen molar-refractivity contribution >= 4 is 6.09 Å². The Morgan fingerprint density at radius 3 is 2.08 bits per heavy atom. The zero-order chi connectivity index (χ0) is 9.82. The number of amides is 1. The second-order valence-corrected chi connectivity index (χ2v) is 2.58. The first kappa shape index (κ1) is 13.8. The molecule has 0 aromatic carbocycles. The van der Waals surface area contributed by atoms with Crippen LogP contribution in [0.1, 0.15) is 46.5 Å². The van der Waals surface area contributed by atoms with E-state index >= 15 is 0 Å². The van der Waals surface area contributed by atoms with E-state index in [1.807, 2.05) is 0 Å². The maximum absolute atomic E-state index is 9.96. The van der Waals surface area contributed by atoms with Gasteiger partial charge in [-0.05, 0) is 6.42 Å². The molecule has 0 radical (unpaired) electrons. The number of nitrogens with two attached hydrogens (primary N) is 1. The van der Waals surface area contributed by atoms with Gasteiger partial charge in [-0.2, -0.15) is 0 Å². The van der Waals surface area contributed by atoms with E-state index in [0.717, 1.165) is 19.3 Å². The van der Waals surface area contributed by atoms with Gasteiger partial charge in [-0.3, -0.25) is 0 Å². The average Bonchev–Trinajstić information content (AvgIpc) is 1.99.